The molecule has 0 aliphatic carbocycles. The molecule has 94 valence electrons. The van der Waals surface area contributed by atoms with E-state index in [1.54, 1.807) is 0 Å². The third-order valence-electron chi connectivity index (χ3n) is 3.05. The molecule has 1 aromatic rings. The lowest BCUT2D eigenvalue weighted by Gasteiger charge is -2.26. The van der Waals surface area contributed by atoms with Gasteiger partial charge in [-0.2, -0.15) is 0 Å². The first kappa shape index (κ1) is 13.9. The molecule has 2 nitrogen and oxygen atoms in total. The summed E-state index contributed by atoms with van der Waals surface area (Å²) in [7, 11) is 0. The Kier molecular flexibility index (Phi) is 5.95. The zero-order chi connectivity index (χ0) is 12.7. The second kappa shape index (κ2) is 7.25. The van der Waals surface area contributed by atoms with Crippen LogP contribution in [0.4, 0.5) is 0 Å². The quantitative estimate of drug-likeness (QED) is 0.732. The van der Waals surface area contributed by atoms with E-state index >= 15 is 0 Å². The average molecular weight is 232 g/mol. The van der Waals surface area contributed by atoms with E-state index in [9.17, 15) is 0 Å². The van der Waals surface area contributed by atoms with Gasteiger partial charge in [0.2, 0.25) is 0 Å². The SMILES string of the molecule is C=CCN(CCC(N)c1ccccc1)C(C)C. The number of rotatable bonds is 7. The predicted octanol–water partition coefficient (Wildman–Crippen LogP) is 2.97. The Labute approximate surface area is 105 Å². The molecule has 0 aromatic heterocycles. The molecule has 2 N–H and O–H groups in total. The highest BCUT2D eigenvalue weighted by atomic mass is 15.1. The average Bonchev–Trinajstić information content (AvgIpc) is 2.34. The van der Waals surface area contributed by atoms with Crippen LogP contribution in [-0.2, 0) is 0 Å². The van der Waals surface area contributed by atoms with E-state index < -0.39 is 0 Å². The van der Waals surface area contributed by atoms with Crippen LogP contribution in [0.3, 0.4) is 0 Å². The van der Waals surface area contributed by atoms with Crippen molar-refractivity contribution in [2.24, 2.45) is 5.73 Å². The van der Waals surface area contributed by atoms with Gasteiger partial charge >= 0.3 is 0 Å². The normalized spacial score (nSPS) is 13.0. The molecule has 0 fully saturated rings. The lowest BCUT2D eigenvalue weighted by molar-refractivity contribution is 0.237. The predicted molar refractivity (Wildman–Crippen MR) is 74.9 cm³/mol. The smallest absolute Gasteiger partial charge is 0.0307 e. The summed E-state index contributed by atoms with van der Waals surface area (Å²) < 4.78 is 0. The first-order valence-corrected chi connectivity index (χ1v) is 6.30. The summed E-state index contributed by atoms with van der Waals surface area (Å²) in [6.45, 7) is 10.2. The minimum atomic E-state index is 0.127. The van der Waals surface area contributed by atoms with Gasteiger partial charge in [-0.05, 0) is 25.8 Å². The Morgan fingerprint density at radius 2 is 1.94 bits per heavy atom. The molecule has 1 rings (SSSR count). The third-order valence-corrected chi connectivity index (χ3v) is 3.05. The van der Waals surface area contributed by atoms with Crippen LogP contribution in [0, 0.1) is 0 Å². The molecule has 1 aromatic carbocycles. The molecule has 2 heteroatoms. The zero-order valence-electron chi connectivity index (χ0n) is 11.0. The summed E-state index contributed by atoms with van der Waals surface area (Å²) in [6.07, 6.45) is 2.93. The molecular formula is C15H24N2. The van der Waals surface area contributed by atoms with E-state index in [-0.39, 0.29) is 6.04 Å². The van der Waals surface area contributed by atoms with Crippen molar-refractivity contribution >= 4 is 0 Å². The van der Waals surface area contributed by atoms with E-state index in [4.69, 9.17) is 5.73 Å². The van der Waals surface area contributed by atoms with Crippen LogP contribution in [0.15, 0.2) is 43.0 Å². The van der Waals surface area contributed by atoms with Crippen molar-refractivity contribution in [2.45, 2.75) is 32.4 Å². The van der Waals surface area contributed by atoms with E-state index in [0.29, 0.717) is 6.04 Å². The van der Waals surface area contributed by atoms with Gasteiger partial charge in [0.05, 0.1) is 0 Å². The number of hydrogen-bond acceptors (Lipinski definition) is 2. The van der Waals surface area contributed by atoms with Gasteiger partial charge < -0.3 is 5.73 Å². The largest absolute Gasteiger partial charge is 0.324 e. The Bertz CT molecular complexity index is 319. The molecular weight excluding hydrogens is 208 g/mol. The van der Waals surface area contributed by atoms with E-state index in [2.05, 4.69) is 37.5 Å². The van der Waals surface area contributed by atoms with Crippen LogP contribution in [-0.4, -0.2) is 24.0 Å². The van der Waals surface area contributed by atoms with Gasteiger partial charge in [-0.1, -0.05) is 36.4 Å². The summed E-state index contributed by atoms with van der Waals surface area (Å²) in [4.78, 5) is 2.38. The van der Waals surface area contributed by atoms with E-state index in [1.807, 2.05) is 24.3 Å². The lowest BCUT2D eigenvalue weighted by atomic mass is 10.0. The van der Waals surface area contributed by atoms with Crippen molar-refractivity contribution in [2.75, 3.05) is 13.1 Å². The number of hydrogen-bond donors (Lipinski definition) is 1. The van der Waals surface area contributed by atoms with Gasteiger partial charge in [-0.3, -0.25) is 4.90 Å². The minimum Gasteiger partial charge on any atom is -0.324 e. The van der Waals surface area contributed by atoms with Crippen molar-refractivity contribution in [3.63, 3.8) is 0 Å². The monoisotopic (exact) mass is 232 g/mol. The van der Waals surface area contributed by atoms with Gasteiger partial charge in [0.25, 0.3) is 0 Å². The third kappa shape index (κ3) is 4.72. The van der Waals surface area contributed by atoms with Crippen LogP contribution in [0.1, 0.15) is 31.9 Å². The Hall–Kier alpha value is -1.12. The summed E-state index contributed by atoms with van der Waals surface area (Å²) in [6, 6.07) is 11.0. The lowest BCUT2D eigenvalue weighted by Crippen LogP contribution is -2.33. The first-order chi connectivity index (χ1) is 8.15. The highest BCUT2D eigenvalue weighted by Gasteiger charge is 2.11. The molecule has 0 saturated heterocycles. The second-order valence-electron chi connectivity index (χ2n) is 4.68. The Morgan fingerprint density at radius 3 is 2.47 bits per heavy atom. The maximum atomic E-state index is 6.19. The highest BCUT2D eigenvalue weighted by molar-refractivity contribution is 5.18. The minimum absolute atomic E-state index is 0.127. The number of nitrogens with zero attached hydrogens (tertiary/aromatic N) is 1. The fraction of sp³-hybridized carbons (Fsp3) is 0.467. The van der Waals surface area contributed by atoms with Crippen molar-refractivity contribution < 1.29 is 0 Å². The maximum absolute atomic E-state index is 6.19. The summed E-state index contributed by atoms with van der Waals surface area (Å²) >= 11 is 0. The van der Waals surface area contributed by atoms with Crippen molar-refractivity contribution in [3.05, 3.63) is 48.6 Å². The number of benzene rings is 1. The van der Waals surface area contributed by atoms with E-state index in [1.165, 1.54) is 5.56 Å². The molecule has 17 heavy (non-hydrogen) atoms. The highest BCUT2D eigenvalue weighted by Crippen LogP contribution is 2.14. The van der Waals surface area contributed by atoms with Crippen LogP contribution in [0.25, 0.3) is 0 Å². The molecule has 1 atom stereocenters. The topological polar surface area (TPSA) is 29.3 Å². The molecule has 0 aliphatic rings. The Balaban J connectivity index is 2.46. The van der Waals surface area contributed by atoms with Crippen LogP contribution < -0.4 is 5.73 Å². The fourth-order valence-electron chi connectivity index (χ4n) is 1.90. The van der Waals surface area contributed by atoms with E-state index in [0.717, 1.165) is 19.5 Å². The second-order valence-corrected chi connectivity index (χ2v) is 4.68. The van der Waals surface area contributed by atoms with Crippen LogP contribution >= 0.6 is 0 Å². The number of nitrogens with two attached hydrogens (primary N) is 1. The van der Waals surface area contributed by atoms with Gasteiger partial charge in [0.15, 0.2) is 0 Å². The molecule has 0 heterocycles. The summed E-state index contributed by atoms with van der Waals surface area (Å²) in [5, 5.41) is 0. The van der Waals surface area contributed by atoms with Crippen molar-refractivity contribution in [1.82, 2.24) is 4.90 Å². The van der Waals surface area contributed by atoms with Gasteiger partial charge in [0, 0.05) is 25.2 Å². The van der Waals surface area contributed by atoms with Crippen LogP contribution in [0.2, 0.25) is 0 Å². The fourth-order valence-corrected chi connectivity index (χ4v) is 1.90. The van der Waals surface area contributed by atoms with Crippen LogP contribution in [0.5, 0.6) is 0 Å². The molecule has 0 aliphatic heterocycles. The standard InChI is InChI=1S/C15H24N2/c1-4-11-17(13(2)3)12-10-15(16)14-8-6-5-7-9-14/h4-9,13,15H,1,10-12,16H2,2-3H3. The molecule has 0 amide bonds. The van der Waals surface area contributed by atoms with Gasteiger partial charge in [-0.15, -0.1) is 6.58 Å². The van der Waals surface area contributed by atoms with Gasteiger partial charge in [0.1, 0.15) is 0 Å². The summed E-state index contributed by atoms with van der Waals surface area (Å²) in [5.74, 6) is 0. The maximum Gasteiger partial charge on any atom is 0.0307 e. The molecule has 0 bridgehead atoms. The van der Waals surface area contributed by atoms with Gasteiger partial charge in [-0.25, -0.2) is 0 Å². The molecule has 1 unspecified atom stereocenters. The van der Waals surface area contributed by atoms with Crippen molar-refractivity contribution in [3.8, 4) is 0 Å². The van der Waals surface area contributed by atoms with Crippen molar-refractivity contribution in [1.29, 1.82) is 0 Å². The molecule has 0 saturated carbocycles. The summed E-state index contributed by atoms with van der Waals surface area (Å²) in [5.41, 5.74) is 7.40. The Morgan fingerprint density at radius 1 is 1.29 bits per heavy atom. The molecule has 0 spiro atoms. The first-order valence-electron chi connectivity index (χ1n) is 6.30. The zero-order valence-corrected chi connectivity index (χ0v) is 11.0. The molecule has 0 radical (unpaired) electrons.